The molecule has 0 heterocycles. The highest BCUT2D eigenvalue weighted by molar-refractivity contribution is 5.71. The van der Waals surface area contributed by atoms with Crippen molar-refractivity contribution in [1.82, 2.24) is 0 Å². The lowest BCUT2D eigenvalue weighted by atomic mass is 10.1. The second-order valence-corrected chi connectivity index (χ2v) is 14.9. The molecule has 0 spiro atoms. The maximum atomic E-state index is 12.7. The number of carbonyl (C=O) groups is 3. The zero-order valence-corrected chi connectivity index (χ0v) is 35.9. The number of rotatable bonds is 40. The predicted octanol–water partition coefficient (Wildman–Crippen LogP) is 14.5. The van der Waals surface area contributed by atoms with Crippen molar-refractivity contribution in [1.29, 1.82) is 0 Å². The smallest absolute Gasteiger partial charge is 0.306 e. The first-order chi connectivity index (χ1) is 27.0. The first kappa shape index (κ1) is 52.1. The van der Waals surface area contributed by atoms with Crippen molar-refractivity contribution in [3.05, 3.63) is 60.8 Å². The molecule has 0 fully saturated rings. The van der Waals surface area contributed by atoms with E-state index in [4.69, 9.17) is 14.2 Å². The summed E-state index contributed by atoms with van der Waals surface area (Å²) < 4.78 is 16.7. The quantitative estimate of drug-likeness (QED) is 0.0267. The van der Waals surface area contributed by atoms with Gasteiger partial charge in [0.15, 0.2) is 6.10 Å². The fourth-order valence-electron chi connectivity index (χ4n) is 6.07. The van der Waals surface area contributed by atoms with E-state index in [0.29, 0.717) is 19.3 Å². The van der Waals surface area contributed by atoms with E-state index in [1.165, 1.54) is 70.6 Å². The maximum Gasteiger partial charge on any atom is 0.306 e. The molecule has 0 rings (SSSR count). The summed E-state index contributed by atoms with van der Waals surface area (Å²) in [6.07, 6.45) is 52.0. The van der Waals surface area contributed by atoms with Crippen LogP contribution in [0.4, 0.5) is 0 Å². The van der Waals surface area contributed by atoms with Crippen molar-refractivity contribution in [2.24, 2.45) is 0 Å². The predicted molar refractivity (Wildman–Crippen MR) is 233 cm³/mol. The Balaban J connectivity index is 4.43. The first-order valence-electron chi connectivity index (χ1n) is 22.8. The van der Waals surface area contributed by atoms with E-state index >= 15 is 0 Å². The molecule has 55 heavy (non-hydrogen) atoms. The van der Waals surface area contributed by atoms with Crippen LogP contribution in [-0.2, 0) is 28.6 Å². The molecule has 1 unspecified atom stereocenters. The van der Waals surface area contributed by atoms with E-state index in [1.807, 2.05) is 0 Å². The highest BCUT2D eigenvalue weighted by Crippen LogP contribution is 2.13. The van der Waals surface area contributed by atoms with Crippen LogP contribution in [0.2, 0.25) is 0 Å². The minimum atomic E-state index is -0.790. The van der Waals surface area contributed by atoms with Gasteiger partial charge in [-0.3, -0.25) is 14.4 Å². The Morgan fingerprint density at radius 1 is 0.382 bits per heavy atom. The summed E-state index contributed by atoms with van der Waals surface area (Å²) >= 11 is 0. The van der Waals surface area contributed by atoms with Gasteiger partial charge in [0.05, 0.1) is 0 Å². The third-order valence-electron chi connectivity index (χ3n) is 9.51. The van der Waals surface area contributed by atoms with Gasteiger partial charge in [0.2, 0.25) is 0 Å². The third kappa shape index (κ3) is 42.1. The number of unbranched alkanes of at least 4 members (excludes halogenated alkanes) is 19. The Bertz CT molecular complexity index is 1020. The van der Waals surface area contributed by atoms with Crippen LogP contribution in [0, 0.1) is 0 Å². The standard InChI is InChI=1S/C49H84O6/c1-4-7-10-13-16-19-21-23-24-26-27-30-33-36-39-42-48(51)54-45-46(44-53-47(50)41-38-35-32-29-18-15-12-9-6-3)55-49(52)43-40-37-34-31-28-25-22-20-17-14-11-8-5-2/h8,11,16-17,19-20,23-25,28,46H,4-7,9-10,12-15,18,21-22,26-27,29-45H2,1-3H3/b11-8-,19-16-,20-17-,24-23-,28-25-. The van der Waals surface area contributed by atoms with E-state index in [0.717, 1.165) is 103 Å². The van der Waals surface area contributed by atoms with Gasteiger partial charge in [-0.05, 0) is 83.5 Å². The zero-order valence-electron chi connectivity index (χ0n) is 35.9. The number of ether oxygens (including phenoxy) is 3. The number of hydrogen-bond donors (Lipinski definition) is 0. The van der Waals surface area contributed by atoms with E-state index in [1.54, 1.807) is 0 Å². The summed E-state index contributed by atoms with van der Waals surface area (Å²) in [5, 5.41) is 0. The van der Waals surface area contributed by atoms with Crippen LogP contribution in [0.1, 0.15) is 213 Å². The van der Waals surface area contributed by atoms with Crippen LogP contribution < -0.4 is 0 Å². The van der Waals surface area contributed by atoms with E-state index < -0.39 is 6.10 Å². The van der Waals surface area contributed by atoms with Gasteiger partial charge in [-0.25, -0.2) is 0 Å². The molecule has 0 aliphatic carbocycles. The van der Waals surface area contributed by atoms with Crippen LogP contribution in [0.15, 0.2) is 60.8 Å². The highest BCUT2D eigenvalue weighted by Gasteiger charge is 2.19. The molecule has 6 nitrogen and oxygen atoms in total. The lowest BCUT2D eigenvalue weighted by Gasteiger charge is -2.18. The van der Waals surface area contributed by atoms with Crippen molar-refractivity contribution in [3.63, 3.8) is 0 Å². The SMILES string of the molecule is CC/C=C\C/C=C\C/C=C\CCCCCC(=O)OC(COC(=O)CCCCCCC/C=C\C/C=C\CCCCC)COC(=O)CCCCCCCCCCC. The molecule has 316 valence electrons. The summed E-state index contributed by atoms with van der Waals surface area (Å²) in [6.45, 7) is 6.42. The van der Waals surface area contributed by atoms with Crippen LogP contribution >= 0.6 is 0 Å². The van der Waals surface area contributed by atoms with Gasteiger partial charge in [0.25, 0.3) is 0 Å². The Morgan fingerprint density at radius 2 is 0.709 bits per heavy atom. The van der Waals surface area contributed by atoms with Gasteiger partial charge < -0.3 is 14.2 Å². The lowest BCUT2D eigenvalue weighted by molar-refractivity contribution is -0.167. The number of carbonyl (C=O) groups excluding carboxylic acids is 3. The average molecular weight is 769 g/mol. The summed E-state index contributed by atoms with van der Waals surface area (Å²) in [7, 11) is 0. The van der Waals surface area contributed by atoms with E-state index in [2.05, 4.69) is 81.5 Å². The second kappa shape index (κ2) is 43.8. The third-order valence-corrected chi connectivity index (χ3v) is 9.51. The molecule has 0 aromatic carbocycles. The van der Waals surface area contributed by atoms with Gasteiger partial charge in [-0.2, -0.15) is 0 Å². The van der Waals surface area contributed by atoms with Crippen LogP contribution in [-0.4, -0.2) is 37.2 Å². The van der Waals surface area contributed by atoms with Crippen LogP contribution in [0.3, 0.4) is 0 Å². The topological polar surface area (TPSA) is 78.9 Å². The molecule has 0 radical (unpaired) electrons. The Kier molecular flexibility index (Phi) is 41.5. The van der Waals surface area contributed by atoms with Crippen molar-refractivity contribution >= 4 is 17.9 Å². The Labute approximate surface area is 339 Å². The average Bonchev–Trinajstić information content (AvgIpc) is 3.18. The van der Waals surface area contributed by atoms with E-state index in [9.17, 15) is 14.4 Å². The molecule has 0 aliphatic rings. The molecule has 0 N–H and O–H groups in total. The van der Waals surface area contributed by atoms with Gasteiger partial charge in [0, 0.05) is 19.3 Å². The molecular weight excluding hydrogens is 685 g/mol. The molecule has 1 atom stereocenters. The van der Waals surface area contributed by atoms with Gasteiger partial charge in [-0.15, -0.1) is 0 Å². The Hall–Kier alpha value is -2.89. The zero-order chi connectivity index (χ0) is 40.1. The second-order valence-electron chi connectivity index (χ2n) is 14.9. The fourth-order valence-corrected chi connectivity index (χ4v) is 6.07. The van der Waals surface area contributed by atoms with Crippen LogP contribution in [0.25, 0.3) is 0 Å². The van der Waals surface area contributed by atoms with Gasteiger partial charge >= 0.3 is 17.9 Å². The first-order valence-corrected chi connectivity index (χ1v) is 22.8. The molecule has 0 aromatic heterocycles. The number of hydrogen-bond acceptors (Lipinski definition) is 6. The number of esters is 3. The molecule has 0 aromatic rings. The molecule has 0 saturated heterocycles. The van der Waals surface area contributed by atoms with Crippen molar-refractivity contribution < 1.29 is 28.6 Å². The molecule has 0 amide bonds. The number of allylic oxidation sites excluding steroid dienone is 10. The van der Waals surface area contributed by atoms with Crippen LogP contribution in [0.5, 0.6) is 0 Å². The molecule has 6 heteroatoms. The van der Waals surface area contributed by atoms with Crippen molar-refractivity contribution in [3.8, 4) is 0 Å². The summed E-state index contributed by atoms with van der Waals surface area (Å²) in [6, 6.07) is 0. The summed E-state index contributed by atoms with van der Waals surface area (Å²) in [5.41, 5.74) is 0. The van der Waals surface area contributed by atoms with Gasteiger partial charge in [0.1, 0.15) is 13.2 Å². The minimum absolute atomic E-state index is 0.0902. The minimum Gasteiger partial charge on any atom is -0.462 e. The summed E-state index contributed by atoms with van der Waals surface area (Å²) in [5.74, 6) is -0.940. The molecule has 0 saturated carbocycles. The Morgan fingerprint density at radius 3 is 1.16 bits per heavy atom. The highest BCUT2D eigenvalue weighted by atomic mass is 16.6. The van der Waals surface area contributed by atoms with E-state index in [-0.39, 0.29) is 31.1 Å². The maximum absolute atomic E-state index is 12.7. The lowest BCUT2D eigenvalue weighted by Crippen LogP contribution is -2.30. The molecular formula is C49H84O6. The summed E-state index contributed by atoms with van der Waals surface area (Å²) in [4.78, 5) is 37.7. The monoisotopic (exact) mass is 769 g/mol. The van der Waals surface area contributed by atoms with Crippen molar-refractivity contribution in [2.45, 2.75) is 219 Å². The normalized spacial score (nSPS) is 12.6. The van der Waals surface area contributed by atoms with Crippen molar-refractivity contribution in [2.75, 3.05) is 13.2 Å². The molecule has 0 bridgehead atoms. The van der Waals surface area contributed by atoms with Gasteiger partial charge in [-0.1, -0.05) is 171 Å². The largest absolute Gasteiger partial charge is 0.462 e. The fraction of sp³-hybridized carbons (Fsp3) is 0.735. The molecule has 0 aliphatic heterocycles.